The smallest absolute Gasteiger partial charge is 0.227 e. The van der Waals surface area contributed by atoms with Gasteiger partial charge in [0.05, 0.1) is 13.0 Å². The summed E-state index contributed by atoms with van der Waals surface area (Å²) in [5.74, 6) is 0.835. The largest absolute Gasteiger partial charge is 0.497 e. The van der Waals surface area contributed by atoms with Crippen molar-refractivity contribution in [2.45, 2.75) is 37.5 Å². The minimum Gasteiger partial charge on any atom is -0.497 e. The van der Waals surface area contributed by atoms with Crippen LogP contribution in [0, 0.1) is 0 Å². The molecule has 4 heteroatoms. The van der Waals surface area contributed by atoms with Crippen LogP contribution in [-0.4, -0.2) is 32.8 Å². The molecule has 27 heavy (non-hydrogen) atoms. The molecule has 0 saturated carbocycles. The average molecular weight is 367 g/mol. The maximum absolute atomic E-state index is 12.9. The van der Waals surface area contributed by atoms with Crippen molar-refractivity contribution in [1.29, 1.82) is 0 Å². The molecule has 0 aliphatic carbocycles. The third kappa shape index (κ3) is 4.51. The molecule has 3 rings (SSSR count). The molecule has 1 aliphatic heterocycles. The summed E-state index contributed by atoms with van der Waals surface area (Å²) in [6.45, 7) is 4.13. The van der Waals surface area contributed by atoms with E-state index in [1.807, 2.05) is 42.5 Å². The van der Waals surface area contributed by atoms with Crippen molar-refractivity contribution >= 4 is 5.91 Å². The fourth-order valence-electron chi connectivity index (χ4n) is 3.91. The SMILES string of the molecule is CCC(C(=O)NCC1(c2ccc(OC)cc2)CCOCC1)c1ccccc1. The Balaban J connectivity index is 1.75. The van der Waals surface area contributed by atoms with E-state index in [4.69, 9.17) is 9.47 Å². The fourth-order valence-corrected chi connectivity index (χ4v) is 3.91. The Morgan fingerprint density at radius 2 is 1.78 bits per heavy atom. The van der Waals surface area contributed by atoms with E-state index in [1.54, 1.807) is 7.11 Å². The van der Waals surface area contributed by atoms with Crippen molar-refractivity contribution in [1.82, 2.24) is 5.32 Å². The van der Waals surface area contributed by atoms with Gasteiger partial charge >= 0.3 is 0 Å². The van der Waals surface area contributed by atoms with Gasteiger partial charge in [-0.1, -0.05) is 49.4 Å². The normalized spacial score (nSPS) is 17.1. The van der Waals surface area contributed by atoms with Gasteiger partial charge in [0.25, 0.3) is 0 Å². The van der Waals surface area contributed by atoms with Gasteiger partial charge in [0.1, 0.15) is 5.75 Å². The number of carbonyl (C=O) groups excluding carboxylic acids is 1. The molecule has 1 heterocycles. The van der Waals surface area contributed by atoms with Crippen LogP contribution in [0.2, 0.25) is 0 Å². The second-order valence-electron chi connectivity index (χ2n) is 7.21. The first-order valence-corrected chi connectivity index (χ1v) is 9.73. The van der Waals surface area contributed by atoms with Crippen LogP contribution < -0.4 is 10.1 Å². The van der Waals surface area contributed by atoms with E-state index in [0.717, 1.165) is 43.8 Å². The van der Waals surface area contributed by atoms with Gasteiger partial charge in [-0.15, -0.1) is 0 Å². The third-order valence-corrected chi connectivity index (χ3v) is 5.68. The Morgan fingerprint density at radius 3 is 2.37 bits per heavy atom. The number of methoxy groups -OCH3 is 1. The molecule has 1 fully saturated rings. The monoisotopic (exact) mass is 367 g/mol. The summed E-state index contributed by atoms with van der Waals surface area (Å²) in [5.41, 5.74) is 2.22. The lowest BCUT2D eigenvalue weighted by Gasteiger charge is -2.38. The Kier molecular flexibility index (Phi) is 6.51. The van der Waals surface area contributed by atoms with E-state index >= 15 is 0 Å². The summed E-state index contributed by atoms with van der Waals surface area (Å²) in [7, 11) is 1.67. The second-order valence-corrected chi connectivity index (χ2v) is 7.21. The molecule has 1 unspecified atom stereocenters. The van der Waals surface area contributed by atoms with Crippen LogP contribution in [0.5, 0.6) is 5.75 Å². The number of rotatable bonds is 7. The van der Waals surface area contributed by atoms with Gasteiger partial charge in [-0.3, -0.25) is 4.79 Å². The number of benzene rings is 2. The molecule has 1 amide bonds. The first-order valence-electron chi connectivity index (χ1n) is 9.73. The van der Waals surface area contributed by atoms with Crippen molar-refractivity contribution < 1.29 is 14.3 Å². The van der Waals surface area contributed by atoms with Crippen LogP contribution in [0.3, 0.4) is 0 Å². The van der Waals surface area contributed by atoms with Crippen LogP contribution >= 0.6 is 0 Å². The number of ether oxygens (including phenoxy) is 2. The van der Waals surface area contributed by atoms with Crippen LogP contribution in [0.1, 0.15) is 43.2 Å². The van der Waals surface area contributed by atoms with Crippen molar-refractivity contribution in [2.24, 2.45) is 0 Å². The molecule has 2 aromatic carbocycles. The number of amides is 1. The molecule has 0 spiro atoms. The molecule has 1 aliphatic rings. The van der Waals surface area contributed by atoms with Crippen LogP contribution in [0.25, 0.3) is 0 Å². The van der Waals surface area contributed by atoms with Gasteiger partial charge < -0.3 is 14.8 Å². The van der Waals surface area contributed by atoms with E-state index in [9.17, 15) is 4.79 Å². The molecule has 0 radical (unpaired) electrons. The Morgan fingerprint density at radius 1 is 1.11 bits per heavy atom. The van der Waals surface area contributed by atoms with E-state index in [1.165, 1.54) is 5.56 Å². The summed E-state index contributed by atoms with van der Waals surface area (Å²) < 4.78 is 10.9. The fraction of sp³-hybridized carbons (Fsp3) is 0.435. The summed E-state index contributed by atoms with van der Waals surface area (Å²) >= 11 is 0. The lowest BCUT2D eigenvalue weighted by Crippen LogP contribution is -2.45. The van der Waals surface area contributed by atoms with Crippen molar-refractivity contribution in [3.63, 3.8) is 0 Å². The summed E-state index contributed by atoms with van der Waals surface area (Å²) in [5, 5.41) is 3.24. The quantitative estimate of drug-likeness (QED) is 0.803. The van der Waals surface area contributed by atoms with E-state index < -0.39 is 0 Å². The highest BCUT2D eigenvalue weighted by molar-refractivity contribution is 5.83. The Labute approximate surface area is 161 Å². The number of hydrogen-bond donors (Lipinski definition) is 1. The molecule has 1 atom stereocenters. The van der Waals surface area contributed by atoms with Gasteiger partial charge in [-0.25, -0.2) is 0 Å². The summed E-state index contributed by atoms with van der Waals surface area (Å²) in [6.07, 6.45) is 2.60. The molecule has 1 N–H and O–H groups in total. The second kappa shape index (κ2) is 9.05. The van der Waals surface area contributed by atoms with Gasteiger partial charge in [-0.2, -0.15) is 0 Å². The zero-order valence-electron chi connectivity index (χ0n) is 16.2. The van der Waals surface area contributed by atoms with Crippen molar-refractivity contribution in [2.75, 3.05) is 26.9 Å². The highest BCUT2D eigenvalue weighted by atomic mass is 16.5. The minimum absolute atomic E-state index is 0.0881. The molecular formula is C23H29NO3. The van der Waals surface area contributed by atoms with Gasteiger partial charge in [-0.05, 0) is 42.5 Å². The first-order chi connectivity index (χ1) is 13.2. The number of hydrogen-bond acceptors (Lipinski definition) is 3. The third-order valence-electron chi connectivity index (χ3n) is 5.68. The topological polar surface area (TPSA) is 47.6 Å². The maximum Gasteiger partial charge on any atom is 0.227 e. The first kappa shape index (κ1) is 19.4. The molecule has 0 bridgehead atoms. The van der Waals surface area contributed by atoms with Gasteiger partial charge in [0.15, 0.2) is 0 Å². The highest BCUT2D eigenvalue weighted by Gasteiger charge is 2.35. The Hall–Kier alpha value is -2.33. The minimum atomic E-state index is -0.112. The van der Waals surface area contributed by atoms with Gasteiger partial charge in [0, 0.05) is 25.2 Å². The zero-order chi connectivity index (χ0) is 19.1. The van der Waals surface area contributed by atoms with Gasteiger partial charge in [0.2, 0.25) is 5.91 Å². The Bertz CT molecular complexity index is 721. The summed E-state index contributed by atoms with van der Waals surface area (Å²) in [6, 6.07) is 18.2. The number of nitrogens with one attached hydrogen (secondary N) is 1. The predicted molar refractivity (Wildman–Crippen MR) is 107 cm³/mol. The summed E-state index contributed by atoms with van der Waals surface area (Å²) in [4.78, 5) is 12.9. The maximum atomic E-state index is 12.9. The van der Waals surface area contributed by atoms with Crippen LogP contribution in [-0.2, 0) is 14.9 Å². The van der Waals surface area contributed by atoms with Crippen LogP contribution in [0.15, 0.2) is 54.6 Å². The molecular weight excluding hydrogens is 338 g/mol. The lowest BCUT2D eigenvalue weighted by atomic mass is 9.74. The molecule has 1 saturated heterocycles. The van der Waals surface area contributed by atoms with Crippen molar-refractivity contribution in [3.05, 3.63) is 65.7 Å². The van der Waals surface area contributed by atoms with E-state index in [2.05, 4.69) is 24.4 Å². The zero-order valence-corrected chi connectivity index (χ0v) is 16.2. The van der Waals surface area contributed by atoms with E-state index in [0.29, 0.717) is 6.54 Å². The molecule has 0 aromatic heterocycles. The van der Waals surface area contributed by atoms with Crippen molar-refractivity contribution in [3.8, 4) is 5.75 Å². The average Bonchev–Trinajstić information content (AvgIpc) is 2.74. The predicted octanol–water partition coefficient (Wildman–Crippen LogP) is 4.05. The number of carbonyl (C=O) groups is 1. The molecule has 2 aromatic rings. The van der Waals surface area contributed by atoms with Crippen LogP contribution in [0.4, 0.5) is 0 Å². The van der Waals surface area contributed by atoms with E-state index in [-0.39, 0.29) is 17.2 Å². The molecule has 144 valence electrons. The highest BCUT2D eigenvalue weighted by Crippen LogP contribution is 2.35. The molecule has 4 nitrogen and oxygen atoms in total. The standard InChI is InChI=1S/C23H29NO3/c1-3-21(18-7-5-4-6-8-18)22(25)24-17-23(13-15-27-16-14-23)19-9-11-20(26-2)12-10-19/h4-12,21H,3,13-17H2,1-2H3,(H,24,25). The lowest BCUT2D eigenvalue weighted by molar-refractivity contribution is -0.123.